The van der Waals surface area contributed by atoms with Gasteiger partial charge >= 0.3 is 0 Å². The minimum absolute atomic E-state index is 0.0768. The van der Waals surface area contributed by atoms with E-state index < -0.39 is 22.0 Å². The molecule has 1 amide bonds. The number of sulfonamides is 1. The highest BCUT2D eigenvalue weighted by Crippen LogP contribution is 2.22. The van der Waals surface area contributed by atoms with Gasteiger partial charge in [-0.2, -0.15) is 4.72 Å². The summed E-state index contributed by atoms with van der Waals surface area (Å²) in [5.74, 6) is 0.544. The lowest BCUT2D eigenvalue weighted by atomic mass is 10.0. The summed E-state index contributed by atoms with van der Waals surface area (Å²) in [6.45, 7) is 5.96. The summed E-state index contributed by atoms with van der Waals surface area (Å²) < 4.78 is 34.1. The Hall–Kier alpha value is -3.16. The fourth-order valence-corrected chi connectivity index (χ4v) is 4.77. The summed E-state index contributed by atoms with van der Waals surface area (Å²) in [5, 5.41) is 2.85. The number of ether oxygens (including phenoxy) is 1. The average Bonchev–Trinajstić information content (AvgIpc) is 2.79. The van der Waals surface area contributed by atoms with Gasteiger partial charge in [0.05, 0.1) is 12.0 Å². The van der Waals surface area contributed by atoms with Gasteiger partial charge in [-0.25, -0.2) is 8.42 Å². The molecular weight excluding hydrogens is 436 g/mol. The van der Waals surface area contributed by atoms with Crippen molar-refractivity contribution in [1.82, 2.24) is 4.72 Å². The summed E-state index contributed by atoms with van der Waals surface area (Å²) in [7, 11) is -2.42. The number of anilines is 1. The van der Waals surface area contributed by atoms with E-state index in [2.05, 4.69) is 23.9 Å². The van der Waals surface area contributed by atoms with Gasteiger partial charge in [0.25, 0.3) is 0 Å². The maximum atomic E-state index is 13.2. The second-order valence-corrected chi connectivity index (χ2v) is 9.97. The standard InChI is InChI=1S/C26H30N2O4S/c1-18(2)21-10-12-22(13-11-21)27-26(29)24(17-20-8-6-5-7-9-20)28-33(30,31)23-14-15-25(32-4)19(3)16-23/h5-16,18,24,28H,17H2,1-4H3,(H,27,29). The van der Waals surface area contributed by atoms with E-state index in [4.69, 9.17) is 4.74 Å². The van der Waals surface area contributed by atoms with Gasteiger partial charge in [0.15, 0.2) is 0 Å². The van der Waals surface area contributed by atoms with Crippen LogP contribution in [0.5, 0.6) is 5.75 Å². The quantitative estimate of drug-likeness (QED) is 0.481. The van der Waals surface area contributed by atoms with Crippen LogP contribution in [-0.4, -0.2) is 27.5 Å². The SMILES string of the molecule is COc1ccc(S(=O)(=O)NC(Cc2ccccc2)C(=O)Nc2ccc(C(C)C)cc2)cc1C. The van der Waals surface area contributed by atoms with E-state index in [0.29, 0.717) is 22.9 Å². The molecule has 0 aliphatic carbocycles. The highest BCUT2D eigenvalue weighted by Gasteiger charge is 2.26. The molecule has 7 heteroatoms. The van der Waals surface area contributed by atoms with Crippen LogP contribution in [0.1, 0.15) is 36.5 Å². The van der Waals surface area contributed by atoms with Crippen LogP contribution in [0, 0.1) is 6.92 Å². The molecule has 1 unspecified atom stereocenters. The third-order valence-corrected chi connectivity index (χ3v) is 6.89. The van der Waals surface area contributed by atoms with Crippen molar-refractivity contribution in [3.63, 3.8) is 0 Å². The molecule has 0 heterocycles. The largest absolute Gasteiger partial charge is 0.496 e. The van der Waals surface area contributed by atoms with Crippen molar-refractivity contribution >= 4 is 21.6 Å². The number of aryl methyl sites for hydroxylation is 1. The number of hydrogen-bond acceptors (Lipinski definition) is 4. The number of hydrogen-bond donors (Lipinski definition) is 2. The Kier molecular flexibility index (Phi) is 7.89. The van der Waals surface area contributed by atoms with Crippen molar-refractivity contribution in [3.05, 3.63) is 89.5 Å². The third-order valence-electron chi connectivity index (χ3n) is 5.42. The fraction of sp³-hybridized carbons (Fsp3) is 0.269. The van der Waals surface area contributed by atoms with E-state index in [9.17, 15) is 13.2 Å². The summed E-state index contributed by atoms with van der Waals surface area (Å²) in [4.78, 5) is 13.2. The van der Waals surface area contributed by atoms with Gasteiger partial charge in [0, 0.05) is 5.69 Å². The van der Waals surface area contributed by atoms with E-state index in [1.54, 1.807) is 13.0 Å². The Morgan fingerprint density at radius 1 is 0.970 bits per heavy atom. The molecule has 0 radical (unpaired) electrons. The molecular formula is C26H30N2O4S. The first-order chi connectivity index (χ1) is 15.7. The Bertz CT molecular complexity index is 1190. The second kappa shape index (κ2) is 10.6. The Morgan fingerprint density at radius 2 is 1.64 bits per heavy atom. The monoisotopic (exact) mass is 466 g/mol. The molecule has 3 rings (SSSR count). The number of rotatable bonds is 9. The Balaban J connectivity index is 1.85. The molecule has 0 spiro atoms. The van der Waals surface area contributed by atoms with Crippen molar-refractivity contribution in [2.24, 2.45) is 0 Å². The summed E-state index contributed by atoms with van der Waals surface area (Å²) in [6, 6.07) is 20.5. The number of nitrogens with one attached hydrogen (secondary N) is 2. The normalized spacial score (nSPS) is 12.4. The van der Waals surface area contributed by atoms with E-state index in [1.807, 2.05) is 54.6 Å². The molecule has 0 saturated carbocycles. The highest BCUT2D eigenvalue weighted by molar-refractivity contribution is 7.89. The van der Waals surface area contributed by atoms with Crippen LogP contribution < -0.4 is 14.8 Å². The third kappa shape index (κ3) is 6.43. The van der Waals surface area contributed by atoms with Crippen molar-refractivity contribution in [2.45, 2.75) is 44.0 Å². The molecule has 33 heavy (non-hydrogen) atoms. The first-order valence-corrected chi connectivity index (χ1v) is 12.3. The number of methoxy groups -OCH3 is 1. The molecule has 174 valence electrons. The zero-order valence-electron chi connectivity index (χ0n) is 19.3. The van der Waals surface area contributed by atoms with Gasteiger partial charge in [-0.3, -0.25) is 4.79 Å². The predicted octanol–water partition coefficient (Wildman–Crippen LogP) is 4.66. The molecule has 2 N–H and O–H groups in total. The van der Waals surface area contributed by atoms with E-state index >= 15 is 0 Å². The van der Waals surface area contributed by atoms with E-state index in [-0.39, 0.29) is 11.3 Å². The molecule has 0 bridgehead atoms. The molecule has 0 aromatic heterocycles. The number of amides is 1. The molecule has 0 fully saturated rings. The van der Waals surface area contributed by atoms with Gasteiger partial charge in [0.2, 0.25) is 15.9 Å². The number of carbonyl (C=O) groups excluding carboxylic acids is 1. The molecule has 6 nitrogen and oxygen atoms in total. The van der Waals surface area contributed by atoms with Crippen LogP contribution >= 0.6 is 0 Å². The van der Waals surface area contributed by atoms with Crippen molar-refractivity contribution in [2.75, 3.05) is 12.4 Å². The highest BCUT2D eigenvalue weighted by atomic mass is 32.2. The van der Waals surface area contributed by atoms with Gasteiger partial charge in [-0.05, 0) is 66.3 Å². The van der Waals surface area contributed by atoms with Gasteiger partial charge in [-0.1, -0.05) is 56.3 Å². The van der Waals surface area contributed by atoms with E-state index in [1.165, 1.54) is 19.2 Å². The topological polar surface area (TPSA) is 84.5 Å². The summed E-state index contributed by atoms with van der Waals surface area (Å²) in [5.41, 5.74) is 3.31. The molecule has 3 aromatic carbocycles. The zero-order chi connectivity index (χ0) is 24.0. The van der Waals surface area contributed by atoms with Crippen molar-refractivity contribution in [1.29, 1.82) is 0 Å². The fourth-order valence-electron chi connectivity index (χ4n) is 3.49. The summed E-state index contributed by atoms with van der Waals surface area (Å²) >= 11 is 0. The van der Waals surface area contributed by atoms with Crippen molar-refractivity contribution < 1.29 is 17.9 Å². The maximum Gasteiger partial charge on any atom is 0.242 e. The molecule has 3 aromatic rings. The smallest absolute Gasteiger partial charge is 0.242 e. The lowest BCUT2D eigenvalue weighted by Gasteiger charge is -2.19. The zero-order valence-corrected chi connectivity index (χ0v) is 20.1. The minimum Gasteiger partial charge on any atom is -0.496 e. The Morgan fingerprint density at radius 3 is 2.21 bits per heavy atom. The van der Waals surface area contributed by atoms with Gasteiger partial charge in [0.1, 0.15) is 11.8 Å². The van der Waals surface area contributed by atoms with Gasteiger partial charge < -0.3 is 10.1 Å². The summed E-state index contributed by atoms with van der Waals surface area (Å²) in [6.07, 6.45) is 0.213. The maximum absolute atomic E-state index is 13.2. The first kappa shape index (κ1) is 24.5. The van der Waals surface area contributed by atoms with Crippen LogP contribution in [0.15, 0.2) is 77.7 Å². The predicted molar refractivity (Wildman–Crippen MR) is 131 cm³/mol. The second-order valence-electron chi connectivity index (χ2n) is 8.26. The van der Waals surface area contributed by atoms with Crippen LogP contribution in [0.3, 0.4) is 0 Å². The average molecular weight is 467 g/mol. The van der Waals surface area contributed by atoms with Crippen LogP contribution in [0.2, 0.25) is 0 Å². The van der Waals surface area contributed by atoms with Crippen LogP contribution in [0.4, 0.5) is 5.69 Å². The molecule has 0 saturated heterocycles. The molecule has 1 atom stereocenters. The lowest BCUT2D eigenvalue weighted by Crippen LogP contribution is -2.45. The molecule has 0 aliphatic rings. The van der Waals surface area contributed by atoms with Crippen LogP contribution in [-0.2, 0) is 21.2 Å². The first-order valence-electron chi connectivity index (χ1n) is 10.8. The lowest BCUT2D eigenvalue weighted by molar-refractivity contribution is -0.117. The minimum atomic E-state index is -3.95. The molecule has 0 aliphatic heterocycles. The van der Waals surface area contributed by atoms with Gasteiger partial charge in [-0.15, -0.1) is 0 Å². The number of carbonyl (C=O) groups is 1. The Labute approximate surface area is 196 Å². The number of benzene rings is 3. The van der Waals surface area contributed by atoms with Crippen molar-refractivity contribution in [3.8, 4) is 5.75 Å². The van der Waals surface area contributed by atoms with Crippen LogP contribution in [0.25, 0.3) is 0 Å². The van der Waals surface area contributed by atoms with E-state index in [0.717, 1.165) is 11.1 Å².